The molecule has 0 radical (unpaired) electrons. The molecule has 15 heavy (non-hydrogen) atoms. The number of aryl methyl sites for hydroxylation is 1. The Morgan fingerprint density at radius 2 is 2.20 bits per heavy atom. The number of alkyl halides is 1. The predicted octanol–water partition coefficient (Wildman–Crippen LogP) is 2.38. The first kappa shape index (κ1) is 10.7. The van der Waals surface area contributed by atoms with E-state index in [2.05, 4.69) is 15.1 Å². The zero-order chi connectivity index (χ0) is 10.7. The molecule has 1 aromatic heterocycles. The van der Waals surface area contributed by atoms with Crippen LogP contribution in [-0.4, -0.2) is 28.7 Å². The van der Waals surface area contributed by atoms with Gasteiger partial charge in [0.2, 0.25) is 0 Å². The number of hydrogen-bond acceptors (Lipinski definition) is 3. The van der Waals surface area contributed by atoms with Crippen molar-refractivity contribution in [3.8, 4) is 0 Å². The highest BCUT2D eigenvalue weighted by Crippen LogP contribution is 2.27. The molecule has 0 aliphatic heterocycles. The highest BCUT2D eigenvalue weighted by Gasteiger charge is 2.25. The third-order valence-electron chi connectivity index (χ3n) is 2.92. The first-order valence-corrected chi connectivity index (χ1v) is 5.97. The topological polar surface area (TPSA) is 29.0 Å². The fraction of sp³-hybridized carbons (Fsp3) is 0.636. The van der Waals surface area contributed by atoms with Crippen molar-refractivity contribution in [2.45, 2.75) is 32.2 Å². The van der Waals surface area contributed by atoms with Crippen molar-refractivity contribution in [2.75, 3.05) is 17.3 Å². The number of nitrogens with zero attached hydrogens (tertiary/aromatic N) is 3. The minimum atomic E-state index is 0.626. The Morgan fingerprint density at radius 3 is 2.67 bits per heavy atom. The lowest BCUT2D eigenvalue weighted by molar-refractivity contribution is 0.388. The lowest BCUT2D eigenvalue weighted by atomic mass is 9.91. The van der Waals surface area contributed by atoms with Gasteiger partial charge < -0.3 is 4.90 Å². The lowest BCUT2D eigenvalue weighted by Gasteiger charge is -2.37. The third-order valence-corrected chi connectivity index (χ3v) is 3.09. The van der Waals surface area contributed by atoms with Crippen molar-refractivity contribution >= 4 is 17.4 Å². The molecule has 1 aliphatic carbocycles. The summed E-state index contributed by atoms with van der Waals surface area (Å²) in [6, 6.07) is 4.66. The first-order valence-electron chi connectivity index (χ1n) is 5.44. The molecule has 1 fully saturated rings. The molecule has 0 bridgehead atoms. The summed E-state index contributed by atoms with van der Waals surface area (Å²) in [6.45, 7) is 2.82. The molecule has 1 aromatic rings. The van der Waals surface area contributed by atoms with Crippen molar-refractivity contribution in [1.82, 2.24) is 10.2 Å². The standard InChI is InChI=1S/C11H16ClN3/c1-9-5-6-11(14-13-9)15(8-7-12)10-3-2-4-10/h5-6,10H,2-4,7-8H2,1H3. The van der Waals surface area contributed by atoms with E-state index >= 15 is 0 Å². The minimum absolute atomic E-state index is 0.626. The van der Waals surface area contributed by atoms with Crippen LogP contribution in [0.5, 0.6) is 0 Å². The van der Waals surface area contributed by atoms with Crippen LogP contribution in [0.4, 0.5) is 5.82 Å². The van der Waals surface area contributed by atoms with E-state index in [1.165, 1.54) is 19.3 Å². The summed E-state index contributed by atoms with van der Waals surface area (Å²) in [5.41, 5.74) is 0.957. The molecule has 0 aromatic carbocycles. The molecule has 0 unspecified atom stereocenters. The van der Waals surface area contributed by atoms with E-state index in [1.54, 1.807) is 0 Å². The van der Waals surface area contributed by atoms with Crippen molar-refractivity contribution in [3.63, 3.8) is 0 Å². The molecule has 0 N–H and O–H groups in total. The van der Waals surface area contributed by atoms with Crippen LogP contribution in [0.15, 0.2) is 12.1 Å². The molecule has 2 rings (SSSR count). The van der Waals surface area contributed by atoms with Gasteiger partial charge in [0, 0.05) is 18.5 Å². The number of halogens is 1. The van der Waals surface area contributed by atoms with Gasteiger partial charge in [-0.3, -0.25) is 0 Å². The molecule has 82 valence electrons. The maximum Gasteiger partial charge on any atom is 0.151 e. The molecule has 4 heteroatoms. The summed E-state index contributed by atoms with van der Waals surface area (Å²) in [5.74, 6) is 1.61. The quantitative estimate of drug-likeness (QED) is 0.737. The van der Waals surface area contributed by atoms with Crippen molar-refractivity contribution in [3.05, 3.63) is 17.8 Å². The molecule has 0 atom stereocenters. The fourth-order valence-corrected chi connectivity index (χ4v) is 2.00. The molecule has 0 amide bonds. The molecule has 1 heterocycles. The second-order valence-corrected chi connectivity index (χ2v) is 4.38. The summed E-state index contributed by atoms with van der Waals surface area (Å²) >= 11 is 5.81. The lowest BCUT2D eigenvalue weighted by Crippen LogP contribution is -2.42. The highest BCUT2D eigenvalue weighted by atomic mass is 35.5. The Bertz CT molecular complexity index is 308. The highest BCUT2D eigenvalue weighted by molar-refractivity contribution is 6.18. The summed E-state index contributed by atoms with van der Waals surface area (Å²) in [5, 5.41) is 8.31. The normalized spacial score (nSPS) is 16.1. The summed E-state index contributed by atoms with van der Waals surface area (Å²) in [6.07, 6.45) is 3.83. The Morgan fingerprint density at radius 1 is 1.40 bits per heavy atom. The van der Waals surface area contributed by atoms with Crippen molar-refractivity contribution in [1.29, 1.82) is 0 Å². The van der Waals surface area contributed by atoms with Crippen LogP contribution < -0.4 is 4.90 Å². The molecule has 1 saturated carbocycles. The third kappa shape index (κ3) is 2.40. The van der Waals surface area contributed by atoms with Gasteiger partial charge in [0.1, 0.15) is 0 Å². The fourth-order valence-electron chi connectivity index (χ4n) is 1.82. The van der Waals surface area contributed by atoms with Gasteiger partial charge in [-0.2, -0.15) is 5.10 Å². The van der Waals surface area contributed by atoms with E-state index in [4.69, 9.17) is 11.6 Å². The van der Waals surface area contributed by atoms with E-state index in [0.717, 1.165) is 18.1 Å². The SMILES string of the molecule is Cc1ccc(N(CCCl)C2CCC2)nn1. The molecular formula is C11H16ClN3. The molecular weight excluding hydrogens is 210 g/mol. The van der Waals surface area contributed by atoms with Gasteiger partial charge in [-0.15, -0.1) is 16.7 Å². The van der Waals surface area contributed by atoms with Gasteiger partial charge in [0.25, 0.3) is 0 Å². The zero-order valence-corrected chi connectivity index (χ0v) is 9.74. The van der Waals surface area contributed by atoms with Gasteiger partial charge in [-0.1, -0.05) is 0 Å². The Kier molecular flexibility index (Phi) is 3.41. The van der Waals surface area contributed by atoms with Crippen LogP contribution >= 0.6 is 11.6 Å². The second-order valence-electron chi connectivity index (χ2n) is 4.00. The summed E-state index contributed by atoms with van der Waals surface area (Å²) in [7, 11) is 0. The van der Waals surface area contributed by atoms with Gasteiger partial charge in [0.05, 0.1) is 5.69 Å². The largest absolute Gasteiger partial charge is 0.351 e. The average Bonchev–Trinajstić information content (AvgIpc) is 2.16. The number of anilines is 1. The van der Waals surface area contributed by atoms with Gasteiger partial charge in [-0.05, 0) is 38.3 Å². The van der Waals surface area contributed by atoms with Crippen molar-refractivity contribution in [2.24, 2.45) is 0 Å². The Balaban J connectivity index is 2.12. The van der Waals surface area contributed by atoms with Crippen LogP contribution in [0.1, 0.15) is 25.0 Å². The smallest absolute Gasteiger partial charge is 0.151 e. The minimum Gasteiger partial charge on any atom is -0.351 e. The van der Waals surface area contributed by atoms with Crippen LogP contribution in [0.25, 0.3) is 0 Å². The molecule has 0 saturated heterocycles. The second kappa shape index (κ2) is 4.79. The summed E-state index contributed by atoms with van der Waals surface area (Å²) < 4.78 is 0. The maximum atomic E-state index is 5.81. The zero-order valence-electron chi connectivity index (χ0n) is 8.99. The Hall–Kier alpha value is -0.830. The maximum absolute atomic E-state index is 5.81. The monoisotopic (exact) mass is 225 g/mol. The predicted molar refractivity (Wildman–Crippen MR) is 62.5 cm³/mol. The van der Waals surface area contributed by atoms with Gasteiger partial charge in [0.15, 0.2) is 5.82 Å². The van der Waals surface area contributed by atoms with Crippen LogP contribution in [0, 0.1) is 6.92 Å². The average molecular weight is 226 g/mol. The Labute approximate surface area is 95.5 Å². The van der Waals surface area contributed by atoms with E-state index in [0.29, 0.717) is 11.9 Å². The van der Waals surface area contributed by atoms with E-state index in [9.17, 15) is 0 Å². The van der Waals surface area contributed by atoms with E-state index < -0.39 is 0 Å². The molecule has 3 nitrogen and oxygen atoms in total. The van der Waals surface area contributed by atoms with Gasteiger partial charge in [-0.25, -0.2) is 0 Å². The van der Waals surface area contributed by atoms with E-state index in [1.807, 2.05) is 19.1 Å². The number of rotatable bonds is 4. The first-order chi connectivity index (χ1) is 7.31. The van der Waals surface area contributed by atoms with Gasteiger partial charge >= 0.3 is 0 Å². The number of hydrogen-bond donors (Lipinski definition) is 0. The molecule has 0 spiro atoms. The number of aromatic nitrogens is 2. The van der Waals surface area contributed by atoms with Crippen LogP contribution in [-0.2, 0) is 0 Å². The van der Waals surface area contributed by atoms with Crippen molar-refractivity contribution < 1.29 is 0 Å². The summed E-state index contributed by atoms with van der Waals surface area (Å²) in [4.78, 5) is 2.28. The van der Waals surface area contributed by atoms with Crippen LogP contribution in [0.2, 0.25) is 0 Å². The molecule has 1 aliphatic rings. The van der Waals surface area contributed by atoms with E-state index in [-0.39, 0.29) is 0 Å². The van der Waals surface area contributed by atoms with Crippen LogP contribution in [0.3, 0.4) is 0 Å².